The molecule has 9 heteroatoms. The predicted molar refractivity (Wildman–Crippen MR) is 134 cm³/mol. The normalized spacial score (nSPS) is 39.5. The van der Waals surface area contributed by atoms with Gasteiger partial charge in [0.25, 0.3) is 0 Å². The number of aliphatic hydroxyl groups excluding tert-OH is 3. The molecule has 198 valence electrons. The van der Waals surface area contributed by atoms with Gasteiger partial charge >= 0.3 is 0 Å². The molecule has 0 radical (unpaired) electrons. The smallest absolute Gasteiger partial charge is 0.217 e. The number of fused-ring (bicyclic) bond motifs is 3. The van der Waals surface area contributed by atoms with Crippen LogP contribution in [-0.2, 0) is 19.1 Å². The number of ether oxygens (including phenoxy) is 1. The average molecular weight is 513 g/mol. The Morgan fingerprint density at radius 3 is 1.86 bits per heavy atom. The number of hydrogen-bond donors (Lipinski definition) is 5. The van der Waals surface area contributed by atoms with Crippen LogP contribution in [0.2, 0.25) is 0 Å². The molecular formula is C28H32O9. The van der Waals surface area contributed by atoms with Crippen molar-refractivity contribution >= 4 is 17.3 Å². The number of allylic oxidation sites excluding steroid dienone is 9. The zero-order valence-corrected chi connectivity index (χ0v) is 21.6. The second kappa shape index (κ2) is 9.09. The van der Waals surface area contributed by atoms with E-state index < -0.39 is 68.5 Å². The predicted octanol–water partition coefficient (Wildman–Crippen LogP) is 3.29. The molecule has 0 aromatic carbocycles. The zero-order chi connectivity index (χ0) is 28.1. The monoisotopic (exact) mass is 512 g/mol. The molecule has 2 fully saturated rings. The molecule has 5 N–H and O–H groups in total. The van der Waals surface area contributed by atoms with Crippen molar-refractivity contribution in [3.63, 3.8) is 0 Å². The van der Waals surface area contributed by atoms with Gasteiger partial charge in [0.05, 0.1) is 5.41 Å². The van der Waals surface area contributed by atoms with Crippen molar-refractivity contribution in [3.8, 4) is 0 Å². The molecule has 1 saturated heterocycles. The van der Waals surface area contributed by atoms with E-state index in [1.165, 1.54) is 45.1 Å². The third kappa shape index (κ3) is 3.53. The van der Waals surface area contributed by atoms with Crippen molar-refractivity contribution in [1.29, 1.82) is 0 Å². The molecule has 3 rings (SSSR count). The maximum Gasteiger partial charge on any atom is 0.217 e. The zero-order valence-electron chi connectivity index (χ0n) is 21.6. The lowest BCUT2D eigenvalue weighted by Gasteiger charge is -2.50. The summed E-state index contributed by atoms with van der Waals surface area (Å²) in [5, 5.41) is 55.9. The van der Waals surface area contributed by atoms with E-state index in [0.29, 0.717) is 0 Å². The van der Waals surface area contributed by atoms with Gasteiger partial charge in [-0.05, 0) is 53.7 Å². The summed E-state index contributed by atoms with van der Waals surface area (Å²) in [5.41, 5.74) is -8.56. The van der Waals surface area contributed by atoms with Crippen LogP contribution in [0.5, 0.6) is 0 Å². The van der Waals surface area contributed by atoms with Crippen LogP contribution in [0.4, 0.5) is 0 Å². The highest BCUT2D eigenvalue weighted by molar-refractivity contribution is 6.28. The van der Waals surface area contributed by atoms with Crippen molar-refractivity contribution < 1.29 is 44.7 Å². The molecule has 1 saturated carbocycles. The lowest BCUT2D eigenvalue weighted by atomic mass is 9.52. The van der Waals surface area contributed by atoms with Gasteiger partial charge in [-0.25, -0.2) is 0 Å². The van der Waals surface area contributed by atoms with E-state index in [2.05, 4.69) is 0 Å². The summed E-state index contributed by atoms with van der Waals surface area (Å²) in [7, 11) is 0. The van der Waals surface area contributed by atoms with Gasteiger partial charge in [-0.2, -0.15) is 0 Å². The van der Waals surface area contributed by atoms with E-state index in [-0.39, 0.29) is 11.1 Å². The van der Waals surface area contributed by atoms with Crippen LogP contribution in [-0.4, -0.2) is 59.9 Å². The molecule has 9 nitrogen and oxygen atoms in total. The Hall–Kier alpha value is -3.53. The average Bonchev–Trinajstić information content (AvgIpc) is 3.03. The van der Waals surface area contributed by atoms with Crippen LogP contribution in [0.3, 0.4) is 0 Å². The number of ketones is 3. The lowest BCUT2D eigenvalue weighted by molar-refractivity contribution is -0.313. The van der Waals surface area contributed by atoms with Crippen molar-refractivity contribution in [2.24, 2.45) is 11.3 Å². The Balaban J connectivity index is 2.46. The van der Waals surface area contributed by atoms with Gasteiger partial charge in [-0.1, -0.05) is 36.5 Å². The highest BCUT2D eigenvalue weighted by Gasteiger charge is 2.83. The molecule has 0 spiro atoms. The van der Waals surface area contributed by atoms with Gasteiger partial charge in [0.15, 0.2) is 17.2 Å². The molecule has 0 bridgehead atoms. The first kappa shape index (κ1) is 28.0. The molecule has 37 heavy (non-hydrogen) atoms. The lowest BCUT2D eigenvalue weighted by Crippen LogP contribution is -2.72. The van der Waals surface area contributed by atoms with E-state index in [0.717, 1.165) is 13.0 Å². The Morgan fingerprint density at radius 2 is 1.35 bits per heavy atom. The first-order valence-electron chi connectivity index (χ1n) is 11.7. The van der Waals surface area contributed by atoms with Crippen LogP contribution in [0.25, 0.3) is 0 Å². The molecule has 1 heterocycles. The van der Waals surface area contributed by atoms with Gasteiger partial charge in [-0.15, -0.1) is 0 Å². The Labute approximate surface area is 214 Å². The molecule has 0 aromatic heterocycles. The number of hydrogen-bond acceptors (Lipinski definition) is 9. The summed E-state index contributed by atoms with van der Waals surface area (Å²) in [4.78, 5) is 40.8. The van der Waals surface area contributed by atoms with Crippen molar-refractivity contribution in [2.75, 3.05) is 0 Å². The third-order valence-electron chi connectivity index (χ3n) is 7.56. The second-order valence-corrected chi connectivity index (χ2v) is 9.85. The maximum absolute atomic E-state index is 14.0. The molecule has 5 atom stereocenters. The highest BCUT2D eigenvalue weighted by Crippen LogP contribution is 2.66. The van der Waals surface area contributed by atoms with Crippen LogP contribution in [0.1, 0.15) is 41.5 Å². The van der Waals surface area contributed by atoms with Crippen molar-refractivity contribution in [2.45, 2.75) is 58.5 Å². The van der Waals surface area contributed by atoms with Crippen LogP contribution in [0, 0.1) is 11.3 Å². The summed E-state index contributed by atoms with van der Waals surface area (Å²) in [6, 6.07) is 0. The molecule has 2 aliphatic carbocycles. The largest absolute Gasteiger partial charge is 0.508 e. The van der Waals surface area contributed by atoms with E-state index in [1.54, 1.807) is 32.1 Å². The SMILES string of the molecule is C/C=C/C=C/C(O)=C1C(=O)[C@@]2(C)[C@@H]3C(=C(O)/C=C/C=C/C)C(O)=C(C)C(=O)[C@]3(C)O[C@]2(O)[C@](C)(O)C1=O. The topological polar surface area (TPSA) is 162 Å². The Morgan fingerprint density at radius 1 is 0.838 bits per heavy atom. The quantitative estimate of drug-likeness (QED) is 0.165. The van der Waals surface area contributed by atoms with Gasteiger partial charge < -0.3 is 30.3 Å². The summed E-state index contributed by atoms with van der Waals surface area (Å²) >= 11 is 0. The Kier molecular flexibility index (Phi) is 6.89. The minimum Gasteiger partial charge on any atom is -0.508 e. The van der Waals surface area contributed by atoms with Crippen LogP contribution < -0.4 is 0 Å². The number of aliphatic hydroxyl groups is 5. The standard InChI is InChI=1S/C28H32O9/c1-7-9-11-13-16(29)18-20(31)15(3)22(32)26(5)21(18)25(4)23(33)19(17(30)14-12-10-8-2)24(34)27(6,35)28(25,36)37-26/h7-14,21,29-31,35-36H,1-6H3/b9-7+,10-8+,13-11+,14-12+,18-16?,19-17?/t21-,25+,26+,27+,28-/m0/s1. The first-order chi connectivity index (χ1) is 17.1. The van der Waals surface area contributed by atoms with Crippen LogP contribution in [0.15, 0.2) is 82.6 Å². The molecule has 0 unspecified atom stereocenters. The first-order valence-corrected chi connectivity index (χ1v) is 11.7. The fourth-order valence-electron chi connectivity index (χ4n) is 5.62. The minimum atomic E-state index is -2.98. The second-order valence-electron chi connectivity index (χ2n) is 9.85. The van der Waals surface area contributed by atoms with Gasteiger partial charge in [0.2, 0.25) is 11.6 Å². The summed E-state index contributed by atoms with van der Waals surface area (Å²) in [6.07, 6.45) is 11.5. The summed E-state index contributed by atoms with van der Waals surface area (Å²) < 4.78 is 5.82. The van der Waals surface area contributed by atoms with Gasteiger partial charge in [0, 0.05) is 17.1 Å². The van der Waals surface area contributed by atoms with Crippen molar-refractivity contribution in [3.05, 3.63) is 82.6 Å². The number of carbonyl (C=O) groups excluding carboxylic acids is 3. The number of rotatable bonds is 4. The van der Waals surface area contributed by atoms with E-state index in [1.807, 2.05) is 0 Å². The number of carbonyl (C=O) groups is 3. The van der Waals surface area contributed by atoms with Crippen molar-refractivity contribution in [1.82, 2.24) is 0 Å². The highest BCUT2D eigenvalue weighted by atomic mass is 16.7. The summed E-state index contributed by atoms with van der Waals surface area (Å²) in [6.45, 7) is 8.07. The van der Waals surface area contributed by atoms with Gasteiger partial charge in [-0.3, -0.25) is 14.4 Å². The van der Waals surface area contributed by atoms with E-state index >= 15 is 0 Å². The summed E-state index contributed by atoms with van der Waals surface area (Å²) in [5.74, 6) is -9.75. The molecule has 0 aromatic rings. The van der Waals surface area contributed by atoms with E-state index in [4.69, 9.17) is 4.74 Å². The van der Waals surface area contributed by atoms with Gasteiger partial charge in [0.1, 0.15) is 28.5 Å². The van der Waals surface area contributed by atoms with E-state index in [9.17, 15) is 39.9 Å². The Bertz CT molecular complexity index is 1290. The molecular weight excluding hydrogens is 480 g/mol. The fourth-order valence-corrected chi connectivity index (χ4v) is 5.62. The third-order valence-corrected chi connectivity index (χ3v) is 7.56. The molecule has 1 aliphatic heterocycles. The fraction of sp³-hybridized carbons (Fsp3) is 0.393. The van der Waals surface area contributed by atoms with Crippen LogP contribution >= 0.6 is 0 Å². The maximum atomic E-state index is 14.0. The molecule has 0 amide bonds. The molecule has 3 aliphatic rings. The minimum absolute atomic E-state index is 0.211. The number of Topliss-reactive ketones (excluding diaryl/α,β-unsaturated/α-hetero) is 3.